The standard InChI is InChI=1S/C11H12BrN3OS2.C2H6/c12-7-1-2-8-9(5-7)18-11(15-8)6-10(16)14-3-4-17-13;1-2/h1-2,5H,3-4,6,13H2,(H,14,16);1-2H3. The van der Waals surface area contributed by atoms with Crippen molar-refractivity contribution in [2.75, 3.05) is 12.3 Å². The van der Waals surface area contributed by atoms with Gasteiger partial charge in [-0.3, -0.25) is 9.93 Å². The third kappa shape index (κ3) is 5.40. The number of hydrogen-bond donors (Lipinski definition) is 2. The van der Waals surface area contributed by atoms with Crippen LogP contribution in [0.3, 0.4) is 0 Å². The fourth-order valence-electron chi connectivity index (χ4n) is 1.47. The first-order valence-electron chi connectivity index (χ1n) is 6.32. The Labute approximate surface area is 135 Å². The van der Waals surface area contributed by atoms with Crippen molar-refractivity contribution in [3.63, 3.8) is 0 Å². The van der Waals surface area contributed by atoms with Gasteiger partial charge in [0.15, 0.2) is 0 Å². The van der Waals surface area contributed by atoms with Crippen molar-refractivity contribution in [2.45, 2.75) is 20.3 Å². The van der Waals surface area contributed by atoms with Gasteiger partial charge in [0.1, 0.15) is 5.01 Å². The molecule has 0 atom stereocenters. The molecular weight excluding hydrogens is 358 g/mol. The third-order valence-corrected chi connectivity index (χ3v) is 4.20. The Kier molecular flexibility index (Phi) is 8.13. The summed E-state index contributed by atoms with van der Waals surface area (Å²) >= 11 is 6.19. The average molecular weight is 376 g/mol. The Morgan fingerprint density at radius 3 is 2.95 bits per heavy atom. The number of nitrogens with zero attached hydrogens (tertiary/aromatic N) is 1. The molecule has 3 N–H and O–H groups in total. The van der Waals surface area contributed by atoms with E-state index >= 15 is 0 Å². The van der Waals surface area contributed by atoms with Crippen LogP contribution < -0.4 is 10.5 Å². The summed E-state index contributed by atoms with van der Waals surface area (Å²) in [6, 6.07) is 5.91. The van der Waals surface area contributed by atoms with Gasteiger partial charge in [-0.1, -0.05) is 41.7 Å². The minimum absolute atomic E-state index is 0.0119. The van der Waals surface area contributed by atoms with Crippen LogP contribution >= 0.6 is 39.2 Å². The van der Waals surface area contributed by atoms with Gasteiger partial charge < -0.3 is 5.32 Å². The molecule has 0 saturated heterocycles. The number of nitrogens with one attached hydrogen (secondary N) is 1. The van der Waals surface area contributed by atoms with Crippen molar-refractivity contribution in [2.24, 2.45) is 5.14 Å². The number of fused-ring (bicyclic) bond motifs is 1. The largest absolute Gasteiger partial charge is 0.355 e. The number of thiazole rings is 1. The van der Waals surface area contributed by atoms with Gasteiger partial charge in [-0.15, -0.1) is 11.3 Å². The predicted molar refractivity (Wildman–Crippen MR) is 92.0 cm³/mol. The molecule has 20 heavy (non-hydrogen) atoms. The molecule has 0 spiro atoms. The van der Waals surface area contributed by atoms with Crippen molar-refractivity contribution in [1.29, 1.82) is 0 Å². The SMILES string of the molecule is CC.NSCCNC(=O)Cc1nc2ccc(Br)cc2s1. The topological polar surface area (TPSA) is 68.0 Å². The fourth-order valence-corrected chi connectivity index (χ4v) is 3.21. The van der Waals surface area contributed by atoms with E-state index in [1.54, 1.807) is 11.3 Å². The summed E-state index contributed by atoms with van der Waals surface area (Å²) in [5.41, 5.74) is 0.934. The van der Waals surface area contributed by atoms with E-state index in [9.17, 15) is 4.79 Å². The molecule has 1 aromatic carbocycles. The van der Waals surface area contributed by atoms with Gasteiger partial charge in [-0.2, -0.15) is 0 Å². The van der Waals surface area contributed by atoms with Gasteiger partial charge in [0.05, 0.1) is 16.6 Å². The maximum absolute atomic E-state index is 11.6. The summed E-state index contributed by atoms with van der Waals surface area (Å²) in [5.74, 6) is 0.709. The van der Waals surface area contributed by atoms with E-state index in [0.717, 1.165) is 25.4 Å². The van der Waals surface area contributed by atoms with Crippen LogP contribution in [0.1, 0.15) is 18.9 Å². The lowest BCUT2D eigenvalue weighted by molar-refractivity contribution is -0.120. The van der Waals surface area contributed by atoms with Gasteiger partial charge in [-0.05, 0) is 18.2 Å². The van der Waals surface area contributed by atoms with Crippen molar-refractivity contribution in [3.8, 4) is 0 Å². The minimum atomic E-state index is -0.0119. The molecule has 0 bridgehead atoms. The van der Waals surface area contributed by atoms with E-state index in [0.29, 0.717) is 13.0 Å². The average Bonchev–Trinajstić information content (AvgIpc) is 2.82. The highest BCUT2D eigenvalue weighted by atomic mass is 79.9. The van der Waals surface area contributed by atoms with Crippen LogP contribution in [0.4, 0.5) is 0 Å². The highest BCUT2D eigenvalue weighted by molar-refractivity contribution is 9.10. The van der Waals surface area contributed by atoms with Crippen molar-refractivity contribution in [1.82, 2.24) is 10.3 Å². The molecule has 4 nitrogen and oxygen atoms in total. The number of benzene rings is 1. The summed E-state index contributed by atoms with van der Waals surface area (Å²) in [6.45, 7) is 4.59. The summed E-state index contributed by atoms with van der Waals surface area (Å²) in [6.07, 6.45) is 0.326. The lowest BCUT2D eigenvalue weighted by atomic mass is 10.3. The Balaban J connectivity index is 0.000000956. The summed E-state index contributed by atoms with van der Waals surface area (Å²) in [5, 5.41) is 8.92. The molecule has 0 aliphatic rings. The lowest BCUT2D eigenvalue weighted by Crippen LogP contribution is -2.27. The van der Waals surface area contributed by atoms with Crippen molar-refractivity contribution < 1.29 is 4.79 Å². The number of halogens is 1. The summed E-state index contributed by atoms with van der Waals surface area (Å²) in [7, 11) is 0. The van der Waals surface area contributed by atoms with Crippen LogP contribution in [0, 0.1) is 0 Å². The van der Waals surface area contributed by atoms with Gasteiger partial charge in [0.25, 0.3) is 0 Å². The molecule has 110 valence electrons. The number of amides is 1. The maximum atomic E-state index is 11.6. The first-order valence-corrected chi connectivity index (χ1v) is 8.98. The maximum Gasteiger partial charge on any atom is 0.226 e. The molecule has 0 unspecified atom stereocenters. The lowest BCUT2D eigenvalue weighted by Gasteiger charge is -2.01. The number of aromatic nitrogens is 1. The quantitative estimate of drug-likeness (QED) is 0.620. The number of carbonyl (C=O) groups is 1. The molecule has 1 amide bonds. The van der Waals surface area contributed by atoms with Crippen LogP contribution in [0.2, 0.25) is 0 Å². The second-order valence-electron chi connectivity index (χ2n) is 3.62. The molecule has 0 aliphatic heterocycles. The molecule has 7 heteroatoms. The van der Waals surface area contributed by atoms with E-state index < -0.39 is 0 Å². The third-order valence-electron chi connectivity index (χ3n) is 2.25. The first kappa shape index (κ1) is 17.4. The highest BCUT2D eigenvalue weighted by Crippen LogP contribution is 2.25. The molecule has 2 rings (SSSR count). The van der Waals surface area contributed by atoms with Crippen LogP contribution in [-0.4, -0.2) is 23.2 Å². The first-order chi connectivity index (χ1) is 9.69. The Bertz CT molecular complexity index is 560. The fraction of sp³-hybridized carbons (Fsp3) is 0.385. The predicted octanol–water partition coefficient (Wildman–Crippen LogP) is 3.35. The minimum Gasteiger partial charge on any atom is -0.355 e. The number of nitrogens with two attached hydrogens (primary N) is 1. The van der Waals surface area contributed by atoms with Gasteiger partial charge >= 0.3 is 0 Å². The van der Waals surface area contributed by atoms with E-state index in [2.05, 4.69) is 26.2 Å². The number of hydrogen-bond acceptors (Lipinski definition) is 5. The second-order valence-corrected chi connectivity index (χ2v) is 6.39. The monoisotopic (exact) mass is 375 g/mol. The Morgan fingerprint density at radius 1 is 1.50 bits per heavy atom. The second kappa shape index (κ2) is 9.33. The van der Waals surface area contributed by atoms with Gasteiger partial charge in [0, 0.05) is 16.8 Å². The smallest absolute Gasteiger partial charge is 0.226 e. The van der Waals surface area contributed by atoms with Crippen LogP contribution in [0.25, 0.3) is 10.2 Å². The molecule has 0 fully saturated rings. The zero-order valence-electron chi connectivity index (χ0n) is 11.5. The zero-order chi connectivity index (χ0) is 15.0. The van der Waals surface area contributed by atoms with E-state index in [1.807, 2.05) is 32.0 Å². The zero-order valence-corrected chi connectivity index (χ0v) is 14.7. The van der Waals surface area contributed by atoms with Crippen LogP contribution in [0.15, 0.2) is 22.7 Å². The molecule has 0 saturated carbocycles. The van der Waals surface area contributed by atoms with E-state index in [-0.39, 0.29) is 5.91 Å². The van der Waals surface area contributed by atoms with Gasteiger partial charge in [0.2, 0.25) is 5.91 Å². The molecule has 0 radical (unpaired) electrons. The normalized spacial score (nSPS) is 10.0. The molecule has 2 aromatic rings. The Hall–Kier alpha value is -0.630. The molecular formula is C13H18BrN3OS2. The van der Waals surface area contributed by atoms with Gasteiger partial charge in [-0.25, -0.2) is 4.98 Å². The van der Waals surface area contributed by atoms with Crippen LogP contribution in [-0.2, 0) is 11.2 Å². The summed E-state index contributed by atoms with van der Waals surface area (Å²) < 4.78 is 2.11. The van der Waals surface area contributed by atoms with Crippen molar-refractivity contribution in [3.05, 3.63) is 27.7 Å². The highest BCUT2D eigenvalue weighted by Gasteiger charge is 2.08. The van der Waals surface area contributed by atoms with E-state index in [1.165, 1.54) is 11.9 Å². The van der Waals surface area contributed by atoms with Crippen LogP contribution in [0.5, 0.6) is 0 Å². The molecule has 1 heterocycles. The number of carbonyl (C=O) groups excluding carboxylic acids is 1. The molecule has 0 aliphatic carbocycles. The number of rotatable bonds is 5. The van der Waals surface area contributed by atoms with E-state index in [4.69, 9.17) is 5.14 Å². The Morgan fingerprint density at radius 2 is 2.25 bits per heavy atom. The van der Waals surface area contributed by atoms with Crippen molar-refractivity contribution >= 4 is 55.3 Å². The summed E-state index contributed by atoms with van der Waals surface area (Å²) in [4.78, 5) is 16.1. The molecule has 1 aromatic heterocycles.